The van der Waals surface area contributed by atoms with E-state index in [0.29, 0.717) is 12.0 Å². The Morgan fingerprint density at radius 2 is 1.96 bits per heavy atom. The van der Waals surface area contributed by atoms with Crippen LogP contribution in [-0.4, -0.2) is 23.3 Å². The second-order valence-corrected chi connectivity index (χ2v) is 5.58. The van der Waals surface area contributed by atoms with Gasteiger partial charge in [0.15, 0.2) is 5.78 Å². The second kappa shape index (κ2) is 8.60. The van der Waals surface area contributed by atoms with Gasteiger partial charge in [0.05, 0.1) is 12.6 Å². The highest BCUT2D eigenvalue weighted by Crippen LogP contribution is 2.09. The lowest BCUT2D eigenvalue weighted by Gasteiger charge is -2.11. The van der Waals surface area contributed by atoms with Crippen LogP contribution in [0.1, 0.15) is 45.5 Å². The highest BCUT2D eigenvalue weighted by molar-refractivity contribution is 6.00. The van der Waals surface area contributed by atoms with Gasteiger partial charge in [-0.1, -0.05) is 30.3 Å². The molecule has 1 heterocycles. The lowest BCUT2D eigenvalue weighted by molar-refractivity contribution is 0.0961. The van der Waals surface area contributed by atoms with Crippen molar-refractivity contribution >= 4 is 11.7 Å². The quantitative estimate of drug-likeness (QED) is 0.619. The van der Waals surface area contributed by atoms with E-state index in [2.05, 4.69) is 5.32 Å². The summed E-state index contributed by atoms with van der Waals surface area (Å²) in [7, 11) is 1.44. The fraction of sp³-hybridized carbons (Fsp3) is 0.263. The predicted molar refractivity (Wildman–Crippen MR) is 93.4 cm³/mol. The van der Waals surface area contributed by atoms with Crippen LogP contribution in [-0.2, 0) is 6.54 Å². The minimum absolute atomic E-state index is 0.0652. The maximum atomic E-state index is 12.6. The first kappa shape index (κ1) is 18.1. The molecule has 6 nitrogen and oxygen atoms in total. The molecule has 128 valence electrons. The zero-order valence-electron chi connectivity index (χ0n) is 14.0. The van der Waals surface area contributed by atoms with Crippen molar-refractivity contribution in [2.24, 2.45) is 0 Å². The van der Waals surface area contributed by atoms with E-state index in [1.165, 1.54) is 23.9 Å². The molecule has 0 saturated carbocycles. The standard InChI is InChI=1S/C19H19N3O3/c1-21-18(24)16-11-15(17(23)9-5-6-10-20)13-22(19(16)25)12-14-7-3-2-4-8-14/h2-4,7-8,11,13H,5-6,9,12H2,1H3,(H,21,24). The number of carbonyl (C=O) groups excluding carboxylic acids is 2. The van der Waals surface area contributed by atoms with E-state index in [1.54, 1.807) is 0 Å². The number of carbonyl (C=O) groups is 2. The zero-order chi connectivity index (χ0) is 18.2. The van der Waals surface area contributed by atoms with Gasteiger partial charge in [-0.25, -0.2) is 0 Å². The molecule has 25 heavy (non-hydrogen) atoms. The number of ketones is 1. The molecule has 0 saturated heterocycles. The van der Waals surface area contributed by atoms with Crippen molar-refractivity contribution in [3.8, 4) is 6.07 Å². The number of benzene rings is 1. The zero-order valence-corrected chi connectivity index (χ0v) is 14.0. The molecule has 0 unspecified atom stereocenters. The monoisotopic (exact) mass is 337 g/mol. The van der Waals surface area contributed by atoms with Crippen LogP contribution >= 0.6 is 0 Å². The van der Waals surface area contributed by atoms with Crippen LogP contribution < -0.4 is 10.9 Å². The van der Waals surface area contributed by atoms with Crippen LogP contribution in [0.3, 0.4) is 0 Å². The summed E-state index contributed by atoms with van der Waals surface area (Å²) < 4.78 is 1.37. The lowest BCUT2D eigenvalue weighted by Crippen LogP contribution is -2.32. The Morgan fingerprint density at radius 1 is 1.24 bits per heavy atom. The van der Waals surface area contributed by atoms with Gasteiger partial charge in [0.25, 0.3) is 11.5 Å². The summed E-state index contributed by atoms with van der Waals surface area (Å²) in [5, 5.41) is 11.0. The van der Waals surface area contributed by atoms with Gasteiger partial charge in [0.1, 0.15) is 5.56 Å². The van der Waals surface area contributed by atoms with Crippen LogP contribution in [0.15, 0.2) is 47.4 Å². The Morgan fingerprint density at radius 3 is 2.60 bits per heavy atom. The molecule has 0 radical (unpaired) electrons. The fourth-order valence-corrected chi connectivity index (χ4v) is 2.46. The molecule has 0 aliphatic rings. The van der Waals surface area contributed by atoms with Crippen molar-refractivity contribution in [3.63, 3.8) is 0 Å². The fourth-order valence-electron chi connectivity index (χ4n) is 2.46. The van der Waals surface area contributed by atoms with E-state index in [-0.39, 0.29) is 30.7 Å². The van der Waals surface area contributed by atoms with Crippen LogP contribution in [0, 0.1) is 11.3 Å². The number of aromatic nitrogens is 1. The smallest absolute Gasteiger partial charge is 0.263 e. The molecule has 1 amide bonds. The van der Waals surface area contributed by atoms with E-state index in [1.807, 2.05) is 36.4 Å². The van der Waals surface area contributed by atoms with Gasteiger partial charge >= 0.3 is 0 Å². The van der Waals surface area contributed by atoms with E-state index in [9.17, 15) is 14.4 Å². The lowest BCUT2D eigenvalue weighted by atomic mass is 10.0. The number of pyridine rings is 1. The molecule has 1 N–H and O–H groups in total. The minimum atomic E-state index is -0.529. The minimum Gasteiger partial charge on any atom is -0.355 e. The molecule has 0 fully saturated rings. The van der Waals surface area contributed by atoms with E-state index in [4.69, 9.17) is 5.26 Å². The van der Waals surface area contributed by atoms with Crippen LogP contribution in [0.5, 0.6) is 0 Å². The average Bonchev–Trinajstić information content (AvgIpc) is 2.63. The number of nitriles is 1. The number of hydrogen-bond acceptors (Lipinski definition) is 4. The molecule has 0 bridgehead atoms. The van der Waals surface area contributed by atoms with Gasteiger partial charge in [-0.15, -0.1) is 0 Å². The maximum Gasteiger partial charge on any atom is 0.263 e. The van der Waals surface area contributed by atoms with E-state index >= 15 is 0 Å². The van der Waals surface area contributed by atoms with Crippen molar-refractivity contribution in [1.29, 1.82) is 5.26 Å². The van der Waals surface area contributed by atoms with Gasteiger partial charge in [-0.05, 0) is 18.1 Å². The molecule has 6 heteroatoms. The Labute approximate surface area is 145 Å². The highest BCUT2D eigenvalue weighted by atomic mass is 16.2. The third-order valence-corrected chi connectivity index (χ3v) is 3.77. The molecule has 1 aromatic carbocycles. The molecule has 0 aliphatic heterocycles. The number of nitrogens with zero attached hydrogens (tertiary/aromatic N) is 2. The summed E-state index contributed by atoms with van der Waals surface area (Å²) in [6.07, 6.45) is 2.42. The molecular formula is C19H19N3O3. The highest BCUT2D eigenvalue weighted by Gasteiger charge is 2.16. The topological polar surface area (TPSA) is 92.0 Å². The van der Waals surface area contributed by atoms with Crippen LogP contribution in [0.4, 0.5) is 0 Å². The number of hydrogen-bond donors (Lipinski definition) is 1. The second-order valence-electron chi connectivity index (χ2n) is 5.58. The number of Topliss-reactive ketones (excluding diaryl/α,β-unsaturated/α-hetero) is 1. The van der Waals surface area contributed by atoms with E-state index < -0.39 is 11.5 Å². The normalized spacial score (nSPS) is 10.1. The first-order valence-corrected chi connectivity index (χ1v) is 7.97. The number of unbranched alkanes of at least 4 members (excludes halogenated alkanes) is 1. The van der Waals surface area contributed by atoms with Crippen LogP contribution in [0.25, 0.3) is 0 Å². The van der Waals surface area contributed by atoms with Crippen LogP contribution in [0.2, 0.25) is 0 Å². The molecule has 0 spiro atoms. The first-order valence-electron chi connectivity index (χ1n) is 7.97. The number of rotatable bonds is 7. The summed E-state index contributed by atoms with van der Waals surface area (Å²) in [6, 6.07) is 12.7. The van der Waals surface area contributed by atoms with Crippen molar-refractivity contribution in [1.82, 2.24) is 9.88 Å². The Balaban J connectivity index is 2.42. The van der Waals surface area contributed by atoms with Crippen molar-refractivity contribution in [2.75, 3.05) is 7.05 Å². The maximum absolute atomic E-state index is 12.6. The third-order valence-electron chi connectivity index (χ3n) is 3.77. The van der Waals surface area contributed by atoms with Gasteiger partial charge in [0, 0.05) is 31.6 Å². The first-order chi connectivity index (χ1) is 12.1. The molecule has 0 atom stereocenters. The molecule has 0 aliphatic carbocycles. The number of nitrogens with one attached hydrogen (secondary N) is 1. The SMILES string of the molecule is CNC(=O)c1cc(C(=O)CCCC#N)cn(Cc2ccccc2)c1=O. The van der Waals surface area contributed by atoms with E-state index in [0.717, 1.165) is 5.56 Å². The third kappa shape index (κ3) is 4.64. The van der Waals surface area contributed by atoms with Gasteiger partial charge in [0.2, 0.25) is 0 Å². The Bertz CT molecular complexity index is 864. The molecule has 1 aromatic heterocycles. The van der Waals surface area contributed by atoms with Gasteiger partial charge < -0.3 is 9.88 Å². The summed E-state index contributed by atoms with van der Waals surface area (Å²) in [6.45, 7) is 0.267. The van der Waals surface area contributed by atoms with Gasteiger partial charge in [-0.3, -0.25) is 14.4 Å². The summed E-state index contributed by atoms with van der Waals surface area (Å²) in [5.74, 6) is -0.722. The number of amides is 1. The van der Waals surface area contributed by atoms with Crippen molar-refractivity contribution in [2.45, 2.75) is 25.8 Å². The molecule has 2 aromatic rings. The average molecular weight is 337 g/mol. The van der Waals surface area contributed by atoms with Crippen molar-refractivity contribution in [3.05, 3.63) is 69.6 Å². The summed E-state index contributed by atoms with van der Waals surface area (Å²) in [4.78, 5) is 36.9. The Kier molecular flexibility index (Phi) is 6.24. The largest absolute Gasteiger partial charge is 0.355 e. The summed E-state index contributed by atoms with van der Waals surface area (Å²) >= 11 is 0. The van der Waals surface area contributed by atoms with Gasteiger partial charge in [-0.2, -0.15) is 5.26 Å². The predicted octanol–water partition coefficient (Wildman–Crippen LogP) is 2.13. The van der Waals surface area contributed by atoms with Crippen molar-refractivity contribution < 1.29 is 9.59 Å². The Hall–Kier alpha value is -3.20. The molecular weight excluding hydrogens is 318 g/mol. The molecule has 2 rings (SSSR count). The summed E-state index contributed by atoms with van der Waals surface area (Å²) in [5.41, 5.74) is 0.676.